The average molecular weight is 293 g/mol. The van der Waals surface area contributed by atoms with Gasteiger partial charge < -0.3 is 5.73 Å². The molecule has 0 atom stereocenters. The maximum Gasteiger partial charge on any atom is 0.0758 e. The number of hydrogen-bond donors (Lipinski definition) is 1. The zero-order chi connectivity index (χ0) is 12.6. The summed E-state index contributed by atoms with van der Waals surface area (Å²) in [5, 5.41) is 1.04. The lowest BCUT2D eigenvalue weighted by molar-refractivity contribution is 0.829. The first kappa shape index (κ1) is 12.4. The zero-order valence-electron chi connectivity index (χ0n) is 10.4. The molecule has 17 heavy (non-hydrogen) atoms. The molecule has 2 rings (SSSR count). The van der Waals surface area contributed by atoms with E-state index in [2.05, 4.69) is 42.8 Å². The Bertz CT molecular complexity index is 562. The van der Waals surface area contributed by atoms with Crippen molar-refractivity contribution in [3.05, 3.63) is 33.9 Å². The van der Waals surface area contributed by atoms with Crippen molar-refractivity contribution in [1.82, 2.24) is 4.98 Å². The monoisotopic (exact) mass is 292 g/mol. The molecule has 0 aliphatic rings. The maximum atomic E-state index is 6.13. The average Bonchev–Trinajstić information content (AvgIpc) is 2.28. The van der Waals surface area contributed by atoms with Crippen molar-refractivity contribution in [2.45, 2.75) is 33.1 Å². The van der Waals surface area contributed by atoms with Crippen LogP contribution in [0.5, 0.6) is 0 Å². The van der Waals surface area contributed by atoms with Crippen molar-refractivity contribution >= 4 is 32.5 Å². The highest BCUT2D eigenvalue weighted by atomic mass is 79.9. The van der Waals surface area contributed by atoms with Crippen LogP contribution in [0.2, 0.25) is 0 Å². The molecule has 0 unspecified atom stereocenters. The normalized spacial score (nSPS) is 11.4. The predicted molar refractivity (Wildman–Crippen MR) is 77.3 cm³/mol. The Morgan fingerprint density at radius 3 is 2.59 bits per heavy atom. The number of rotatable bonds is 2. The van der Waals surface area contributed by atoms with Crippen molar-refractivity contribution in [2.75, 3.05) is 5.73 Å². The molecular formula is C14H17BrN2. The maximum absolute atomic E-state index is 6.13. The number of fused-ring (bicyclic) bond motifs is 1. The number of nitrogens with zero attached hydrogens (tertiary/aromatic N) is 1. The van der Waals surface area contributed by atoms with Crippen LogP contribution in [0.3, 0.4) is 0 Å². The summed E-state index contributed by atoms with van der Waals surface area (Å²) in [6, 6.07) is 6.15. The van der Waals surface area contributed by atoms with Gasteiger partial charge in [0.25, 0.3) is 0 Å². The molecule has 0 fully saturated rings. The summed E-state index contributed by atoms with van der Waals surface area (Å²) in [5.74, 6) is 0.398. The molecule has 1 aromatic heterocycles. The van der Waals surface area contributed by atoms with Crippen LogP contribution in [0.15, 0.2) is 22.7 Å². The molecule has 0 amide bonds. The smallest absolute Gasteiger partial charge is 0.0758 e. The Hall–Kier alpha value is -1.09. The summed E-state index contributed by atoms with van der Waals surface area (Å²) in [6.45, 7) is 6.41. The van der Waals surface area contributed by atoms with E-state index in [1.165, 1.54) is 5.56 Å². The van der Waals surface area contributed by atoms with E-state index in [0.29, 0.717) is 5.92 Å². The van der Waals surface area contributed by atoms with Crippen molar-refractivity contribution in [3.8, 4) is 0 Å². The third-order valence-corrected chi connectivity index (χ3v) is 3.44. The molecule has 1 aromatic carbocycles. The highest BCUT2D eigenvalue weighted by Gasteiger charge is 2.10. The first-order valence-corrected chi connectivity index (χ1v) is 6.70. The second kappa shape index (κ2) is 4.65. The van der Waals surface area contributed by atoms with E-state index in [4.69, 9.17) is 10.7 Å². The lowest BCUT2D eigenvalue weighted by Gasteiger charge is -2.12. The first-order valence-electron chi connectivity index (χ1n) is 5.91. The van der Waals surface area contributed by atoms with Crippen LogP contribution >= 0.6 is 15.9 Å². The molecule has 2 aromatic rings. The minimum Gasteiger partial charge on any atom is -0.398 e. The number of nitrogens with two attached hydrogens (primary N) is 1. The van der Waals surface area contributed by atoms with Gasteiger partial charge in [-0.1, -0.05) is 36.7 Å². The van der Waals surface area contributed by atoms with E-state index in [9.17, 15) is 0 Å². The fraction of sp³-hybridized carbons (Fsp3) is 0.357. The molecule has 0 aliphatic heterocycles. The van der Waals surface area contributed by atoms with Gasteiger partial charge in [-0.2, -0.15) is 0 Å². The van der Waals surface area contributed by atoms with E-state index in [-0.39, 0.29) is 0 Å². The van der Waals surface area contributed by atoms with E-state index < -0.39 is 0 Å². The number of benzene rings is 1. The van der Waals surface area contributed by atoms with Crippen LogP contribution in [0.25, 0.3) is 10.9 Å². The molecule has 0 bridgehead atoms. The molecule has 1 heterocycles. The number of aromatic nitrogens is 1. The highest BCUT2D eigenvalue weighted by Crippen LogP contribution is 2.29. The summed E-state index contributed by atoms with van der Waals surface area (Å²) in [4.78, 5) is 4.75. The van der Waals surface area contributed by atoms with Crippen LogP contribution < -0.4 is 5.73 Å². The quantitative estimate of drug-likeness (QED) is 0.898. The number of nitrogen functional groups attached to an aromatic ring is 1. The molecule has 0 aliphatic carbocycles. The van der Waals surface area contributed by atoms with Gasteiger partial charge in [0, 0.05) is 21.2 Å². The third kappa shape index (κ3) is 2.29. The van der Waals surface area contributed by atoms with Gasteiger partial charge in [0.1, 0.15) is 0 Å². The fourth-order valence-electron chi connectivity index (χ4n) is 1.97. The van der Waals surface area contributed by atoms with Crippen LogP contribution in [-0.2, 0) is 6.42 Å². The zero-order valence-corrected chi connectivity index (χ0v) is 12.0. The summed E-state index contributed by atoms with van der Waals surface area (Å²) < 4.78 is 1.06. The van der Waals surface area contributed by atoms with Gasteiger partial charge in [0.2, 0.25) is 0 Å². The van der Waals surface area contributed by atoms with E-state index in [0.717, 1.165) is 33.2 Å². The Morgan fingerprint density at radius 1 is 1.29 bits per heavy atom. The summed E-state index contributed by atoms with van der Waals surface area (Å²) in [7, 11) is 0. The number of aryl methyl sites for hydroxylation is 1. The molecule has 0 saturated heterocycles. The van der Waals surface area contributed by atoms with Crippen molar-refractivity contribution in [2.24, 2.45) is 0 Å². The van der Waals surface area contributed by atoms with Gasteiger partial charge in [-0.05, 0) is 36.1 Å². The molecule has 90 valence electrons. The van der Waals surface area contributed by atoms with Crippen LogP contribution in [0, 0.1) is 0 Å². The largest absolute Gasteiger partial charge is 0.398 e. The number of pyridine rings is 1. The summed E-state index contributed by atoms with van der Waals surface area (Å²) in [5.41, 5.74) is 10.3. The van der Waals surface area contributed by atoms with Crippen LogP contribution in [0.4, 0.5) is 5.69 Å². The van der Waals surface area contributed by atoms with Gasteiger partial charge >= 0.3 is 0 Å². The molecule has 2 N–H and O–H groups in total. The van der Waals surface area contributed by atoms with Gasteiger partial charge in [0.05, 0.1) is 5.52 Å². The molecule has 0 radical (unpaired) electrons. The van der Waals surface area contributed by atoms with Gasteiger partial charge in [-0.3, -0.25) is 4.98 Å². The standard InChI is InChI=1S/C14H17BrN2/c1-4-9-5-10(15)6-11-12(16)7-13(8(2)3)17-14(9)11/h5-8H,4H2,1-3H3,(H2,16,17). The Kier molecular flexibility index (Phi) is 3.38. The predicted octanol–water partition coefficient (Wildman–Crippen LogP) is 4.27. The Labute approximate surface area is 110 Å². The fourth-order valence-corrected chi connectivity index (χ4v) is 2.48. The Morgan fingerprint density at radius 2 is 2.00 bits per heavy atom. The topological polar surface area (TPSA) is 38.9 Å². The number of anilines is 1. The van der Waals surface area contributed by atoms with Crippen LogP contribution in [0.1, 0.15) is 37.9 Å². The summed E-state index contributed by atoms with van der Waals surface area (Å²) in [6.07, 6.45) is 0.962. The highest BCUT2D eigenvalue weighted by molar-refractivity contribution is 9.10. The SMILES string of the molecule is CCc1cc(Br)cc2c(N)cc(C(C)C)nc12. The molecule has 0 saturated carbocycles. The summed E-state index contributed by atoms with van der Waals surface area (Å²) >= 11 is 3.52. The lowest BCUT2D eigenvalue weighted by Crippen LogP contribution is -1.99. The molecule has 0 spiro atoms. The van der Waals surface area contributed by atoms with Gasteiger partial charge in [-0.15, -0.1) is 0 Å². The lowest BCUT2D eigenvalue weighted by atomic mass is 10.0. The molecular weight excluding hydrogens is 276 g/mol. The second-order valence-corrected chi connectivity index (χ2v) is 5.52. The van der Waals surface area contributed by atoms with Crippen molar-refractivity contribution in [1.29, 1.82) is 0 Å². The third-order valence-electron chi connectivity index (χ3n) is 2.98. The van der Waals surface area contributed by atoms with E-state index >= 15 is 0 Å². The van der Waals surface area contributed by atoms with Gasteiger partial charge in [-0.25, -0.2) is 0 Å². The Balaban J connectivity index is 2.81. The first-order chi connectivity index (χ1) is 8.02. The number of halogens is 1. The second-order valence-electron chi connectivity index (χ2n) is 4.61. The molecule has 2 nitrogen and oxygen atoms in total. The minimum absolute atomic E-state index is 0.398. The van der Waals surface area contributed by atoms with Crippen LogP contribution in [-0.4, -0.2) is 4.98 Å². The van der Waals surface area contributed by atoms with E-state index in [1.54, 1.807) is 0 Å². The van der Waals surface area contributed by atoms with E-state index in [1.807, 2.05) is 12.1 Å². The van der Waals surface area contributed by atoms with Crippen molar-refractivity contribution in [3.63, 3.8) is 0 Å². The molecule has 3 heteroatoms. The number of hydrogen-bond acceptors (Lipinski definition) is 2. The minimum atomic E-state index is 0.398. The van der Waals surface area contributed by atoms with Crippen molar-refractivity contribution < 1.29 is 0 Å². The van der Waals surface area contributed by atoms with Gasteiger partial charge in [0.15, 0.2) is 0 Å².